The predicted octanol–water partition coefficient (Wildman–Crippen LogP) is -2.14. The highest BCUT2D eigenvalue weighted by Gasteiger charge is 2.30. The molecule has 4 atom stereocenters. The van der Waals surface area contributed by atoms with Crippen LogP contribution in [0.4, 0.5) is 0 Å². The molecule has 15 nitrogen and oxygen atoms in total. The van der Waals surface area contributed by atoms with E-state index in [1.54, 1.807) is 38.1 Å². The lowest BCUT2D eigenvalue weighted by Gasteiger charge is -2.26. The second kappa shape index (κ2) is 18.0. The largest absolute Gasteiger partial charge is 0.480 e. The first-order valence-corrected chi connectivity index (χ1v) is 13.4. The molecule has 228 valence electrons. The molecule has 1 aromatic carbocycles. The molecule has 15 heteroatoms. The van der Waals surface area contributed by atoms with Crippen molar-refractivity contribution in [3.05, 3.63) is 35.9 Å². The highest BCUT2D eigenvalue weighted by atomic mass is 16.4. The molecule has 41 heavy (non-hydrogen) atoms. The van der Waals surface area contributed by atoms with Crippen molar-refractivity contribution in [1.29, 1.82) is 0 Å². The van der Waals surface area contributed by atoms with Crippen LogP contribution in [0, 0.1) is 5.92 Å². The Balaban J connectivity index is 3.13. The third-order valence-corrected chi connectivity index (χ3v) is 6.07. The van der Waals surface area contributed by atoms with Crippen LogP contribution in [-0.4, -0.2) is 78.0 Å². The number of carboxylic acids is 1. The van der Waals surface area contributed by atoms with Gasteiger partial charge in [0.25, 0.3) is 0 Å². The first-order chi connectivity index (χ1) is 19.3. The molecule has 3 amide bonds. The van der Waals surface area contributed by atoms with E-state index in [1.165, 1.54) is 0 Å². The average Bonchev–Trinajstić information content (AvgIpc) is 2.90. The Morgan fingerprint density at radius 3 is 1.71 bits per heavy atom. The zero-order chi connectivity index (χ0) is 30.9. The Morgan fingerprint density at radius 1 is 0.756 bits per heavy atom. The molecule has 0 fully saturated rings. The van der Waals surface area contributed by atoms with Crippen molar-refractivity contribution in [3.63, 3.8) is 0 Å². The molecular formula is C26H44N10O5. The number of benzene rings is 1. The van der Waals surface area contributed by atoms with Crippen LogP contribution >= 0.6 is 0 Å². The van der Waals surface area contributed by atoms with Crippen LogP contribution in [0.25, 0.3) is 0 Å². The molecule has 0 bridgehead atoms. The van der Waals surface area contributed by atoms with E-state index in [0.717, 1.165) is 5.56 Å². The number of aliphatic carboxylic acids is 1. The number of hydrogen-bond donors (Lipinski definition) is 9. The Labute approximate surface area is 239 Å². The van der Waals surface area contributed by atoms with Gasteiger partial charge >= 0.3 is 5.97 Å². The summed E-state index contributed by atoms with van der Waals surface area (Å²) < 4.78 is 0. The van der Waals surface area contributed by atoms with Gasteiger partial charge in [-0.05, 0) is 37.2 Å². The second-order valence-corrected chi connectivity index (χ2v) is 9.88. The monoisotopic (exact) mass is 576 g/mol. The average molecular weight is 577 g/mol. The minimum atomic E-state index is -1.26. The Bertz CT molecular complexity index is 1060. The van der Waals surface area contributed by atoms with Crippen molar-refractivity contribution in [2.45, 2.75) is 70.1 Å². The number of rotatable bonds is 18. The summed E-state index contributed by atoms with van der Waals surface area (Å²) in [6.07, 6.45) is 0.858. The predicted molar refractivity (Wildman–Crippen MR) is 156 cm³/mol. The third-order valence-electron chi connectivity index (χ3n) is 6.07. The molecule has 1 aromatic rings. The van der Waals surface area contributed by atoms with Crippen molar-refractivity contribution in [2.75, 3.05) is 13.1 Å². The minimum absolute atomic E-state index is 0.0479. The van der Waals surface area contributed by atoms with E-state index in [0.29, 0.717) is 6.42 Å². The highest BCUT2D eigenvalue weighted by Crippen LogP contribution is 2.08. The summed E-state index contributed by atoms with van der Waals surface area (Å²) in [4.78, 5) is 58.9. The van der Waals surface area contributed by atoms with Crippen molar-refractivity contribution in [3.8, 4) is 0 Å². The molecule has 4 unspecified atom stereocenters. The lowest BCUT2D eigenvalue weighted by Crippen LogP contribution is -2.58. The Hall–Kier alpha value is -4.40. The maximum absolute atomic E-state index is 13.5. The van der Waals surface area contributed by atoms with Crippen LogP contribution in [0.1, 0.15) is 45.1 Å². The van der Waals surface area contributed by atoms with Gasteiger partial charge in [-0.15, -0.1) is 0 Å². The van der Waals surface area contributed by atoms with Crippen LogP contribution in [-0.2, 0) is 25.6 Å². The summed E-state index contributed by atoms with van der Waals surface area (Å²) in [5.74, 6) is -3.57. The van der Waals surface area contributed by atoms with E-state index >= 15 is 0 Å². The molecule has 0 aromatic heterocycles. The minimum Gasteiger partial charge on any atom is -0.480 e. The van der Waals surface area contributed by atoms with E-state index in [4.69, 9.17) is 28.7 Å². The molecule has 0 aliphatic heterocycles. The topological polar surface area (TPSA) is 279 Å². The molecule has 0 aliphatic rings. The lowest BCUT2D eigenvalue weighted by molar-refractivity contribution is -0.142. The zero-order valence-corrected chi connectivity index (χ0v) is 23.6. The Kier molecular flexibility index (Phi) is 15.2. The van der Waals surface area contributed by atoms with Crippen LogP contribution < -0.4 is 44.6 Å². The smallest absolute Gasteiger partial charge is 0.326 e. The van der Waals surface area contributed by atoms with E-state index < -0.39 is 47.9 Å². The number of nitrogens with zero attached hydrogens (tertiary/aromatic N) is 2. The third kappa shape index (κ3) is 14.0. The van der Waals surface area contributed by atoms with Gasteiger partial charge < -0.3 is 49.7 Å². The highest BCUT2D eigenvalue weighted by molar-refractivity contribution is 5.94. The van der Waals surface area contributed by atoms with E-state index in [-0.39, 0.29) is 56.6 Å². The van der Waals surface area contributed by atoms with Crippen LogP contribution in [0.5, 0.6) is 0 Å². The molecule has 0 saturated heterocycles. The second-order valence-electron chi connectivity index (χ2n) is 9.88. The summed E-state index contributed by atoms with van der Waals surface area (Å²) in [7, 11) is 0. The van der Waals surface area contributed by atoms with E-state index in [1.807, 2.05) is 6.07 Å². The first kappa shape index (κ1) is 34.6. The molecule has 0 radical (unpaired) electrons. The maximum Gasteiger partial charge on any atom is 0.326 e. The van der Waals surface area contributed by atoms with Gasteiger partial charge in [0.2, 0.25) is 17.7 Å². The molecule has 14 N–H and O–H groups in total. The summed E-state index contributed by atoms with van der Waals surface area (Å²) in [5.41, 5.74) is 28.1. The fourth-order valence-electron chi connectivity index (χ4n) is 3.71. The number of aliphatic imine (C=N–C) groups is 2. The summed E-state index contributed by atoms with van der Waals surface area (Å²) in [6, 6.07) is 4.70. The normalized spacial score (nSPS) is 13.7. The SMILES string of the molecule is CC(C)C(N)C(=O)NC(Cc1ccccc1)C(=O)NC(CCCN=C(N)N)C(=O)NC(CCCN=C(N)N)C(=O)O. The van der Waals surface area contributed by atoms with Gasteiger partial charge in [-0.1, -0.05) is 44.2 Å². The van der Waals surface area contributed by atoms with E-state index in [2.05, 4.69) is 25.9 Å². The molecule has 0 aliphatic carbocycles. The fourth-order valence-corrected chi connectivity index (χ4v) is 3.71. The lowest BCUT2D eigenvalue weighted by atomic mass is 10.0. The number of carbonyl (C=O) groups is 4. The van der Waals surface area contributed by atoms with Crippen molar-refractivity contribution in [1.82, 2.24) is 16.0 Å². The summed E-state index contributed by atoms with van der Waals surface area (Å²) in [5, 5.41) is 17.4. The van der Waals surface area contributed by atoms with Crippen molar-refractivity contribution in [2.24, 2.45) is 44.6 Å². The van der Waals surface area contributed by atoms with Gasteiger partial charge in [0, 0.05) is 19.5 Å². The summed E-state index contributed by atoms with van der Waals surface area (Å²) in [6.45, 7) is 3.92. The number of guanidine groups is 2. The van der Waals surface area contributed by atoms with Crippen molar-refractivity contribution >= 4 is 35.6 Å². The molecule has 0 heterocycles. The number of nitrogens with two attached hydrogens (primary N) is 5. The van der Waals surface area contributed by atoms with Crippen molar-refractivity contribution < 1.29 is 24.3 Å². The van der Waals surface area contributed by atoms with Gasteiger partial charge in [0.05, 0.1) is 6.04 Å². The van der Waals surface area contributed by atoms with Gasteiger partial charge in [0.1, 0.15) is 18.1 Å². The zero-order valence-electron chi connectivity index (χ0n) is 23.6. The Morgan fingerprint density at radius 2 is 1.22 bits per heavy atom. The van der Waals surface area contributed by atoms with E-state index in [9.17, 15) is 24.3 Å². The van der Waals surface area contributed by atoms with Gasteiger partial charge in [-0.3, -0.25) is 24.4 Å². The standard InChI is InChI=1S/C26H44N10O5/c1-15(2)20(27)23(39)36-19(14-16-8-4-3-5-9-16)22(38)34-17(10-6-12-32-25(28)29)21(37)35-18(24(40)41)11-7-13-33-26(30)31/h3-5,8-9,15,17-20H,6-7,10-14,27H2,1-2H3,(H,34,38)(H,35,37)(H,36,39)(H,40,41)(H4,28,29,32)(H4,30,31,33). The van der Waals surface area contributed by atoms with Gasteiger partial charge in [-0.25, -0.2) is 4.79 Å². The maximum atomic E-state index is 13.5. The quantitative estimate of drug-likeness (QED) is 0.0519. The number of hydrogen-bond acceptors (Lipinski definition) is 7. The van der Waals surface area contributed by atoms with Gasteiger partial charge in [-0.2, -0.15) is 0 Å². The number of carbonyl (C=O) groups excluding carboxylic acids is 3. The van der Waals surface area contributed by atoms with Crippen LogP contribution in [0.3, 0.4) is 0 Å². The molecule has 1 rings (SSSR count). The first-order valence-electron chi connectivity index (χ1n) is 13.4. The number of nitrogens with one attached hydrogen (secondary N) is 3. The molecule has 0 spiro atoms. The number of carboxylic acid groups (broad SMARTS) is 1. The van der Waals surface area contributed by atoms with Crippen LogP contribution in [0.15, 0.2) is 40.3 Å². The fraction of sp³-hybridized carbons (Fsp3) is 0.538. The molecular weight excluding hydrogens is 532 g/mol. The van der Waals surface area contributed by atoms with Crippen LogP contribution in [0.2, 0.25) is 0 Å². The molecule has 0 saturated carbocycles. The van der Waals surface area contributed by atoms with Gasteiger partial charge in [0.15, 0.2) is 11.9 Å². The number of amides is 3. The summed E-state index contributed by atoms with van der Waals surface area (Å²) >= 11 is 0.